The molecule has 2 aromatic carbocycles. The number of aromatic nitrogens is 3. The predicted molar refractivity (Wildman–Crippen MR) is 107 cm³/mol. The minimum absolute atomic E-state index is 0.0756. The van der Waals surface area contributed by atoms with E-state index in [1.165, 1.54) is 0 Å². The van der Waals surface area contributed by atoms with Crippen LogP contribution in [0.15, 0.2) is 67.1 Å². The summed E-state index contributed by atoms with van der Waals surface area (Å²) in [6, 6.07) is 15.8. The molecule has 6 nitrogen and oxygen atoms in total. The van der Waals surface area contributed by atoms with Gasteiger partial charge in [0.2, 0.25) is 5.91 Å². The number of nitrogens with zero attached hydrogens (tertiary/aromatic N) is 1. The molecule has 4 rings (SSSR count). The Hall–Kier alpha value is -3.38. The van der Waals surface area contributed by atoms with Crippen LogP contribution < -0.4 is 11.1 Å². The molecule has 0 radical (unpaired) electrons. The Morgan fingerprint density at radius 2 is 1.96 bits per heavy atom. The fraction of sp³-hybridized carbons (Fsp3) is 0.143. The molecule has 4 aromatic rings. The summed E-state index contributed by atoms with van der Waals surface area (Å²) < 4.78 is 0. The monoisotopic (exact) mass is 359 g/mol. The first-order valence-corrected chi connectivity index (χ1v) is 8.90. The first kappa shape index (κ1) is 17.1. The van der Waals surface area contributed by atoms with Crippen LogP contribution in [0.5, 0.6) is 0 Å². The highest BCUT2D eigenvalue weighted by molar-refractivity contribution is 6.06. The van der Waals surface area contributed by atoms with Crippen molar-refractivity contribution in [2.45, 2.75) is 6.42 Å². The van der Waals surface area contributed by atoms with Gasteiger partial charge in [-0.1, -0.05) is 42.5 Å². The van der Waals surface area contributed by atoms with Gasteiger partial charge in [-0.15, -0.1) is 0 Å². The van der Waals surface area contributed by atoms with Crippen LogP contribution in [0.1, 0.15) is 5.56 Å². The summed E-state index contributed by atoms with van der Waals surface area (Å²) in [6.45, 7) is 0.293. The standard InChI is InChI=1S/C21H21N5O/c22-10-15(9-14-5-2-1-3-6-14)21(27)26-19-8-4-7-17-18(13-23-20(17)19)16-11-24-25-12-16/h1-8,11-13,15,23H,9-10,22H2,(H,24,25)(H,26,27). The Labute approximate surface area is 156 Å². The van der Waals surface area contributed by atoms with Gasteiger partial charge >= 0.3 is 0 Å². The molecule has 27 heavy (non-hydrogen) atoms. The number of carbonyl (C=O) groups is 1. The Bertz CT molecular complexity index is 1040. The van der Waals surface area contributed by atoms with Crippen molar-refractivity contribution < 1.29 is 4.79 Å². The third-order valence-electron chi connectivity index (χ3n) is 4.76. The van der Waals surface area contributed by atoms with Gasteiger partial charge in [-0.05, 0) is 18.1 Å². The number of H-pyrrole nitrogens is 2. The summed E-state index contributed by atoms with van der Waals surface area (Å²) in [4.78, 5) is 16.1. The molecule has 2 heterocycles. The van der Waals surface area contributed by atoms with Gasteiger partial charge in [0.25, 0.3) is 0 Å². The molecule has 0 spiro atoms. The van der Waals surface area contributed by atoms with E-state index in [4.69, 9.17) is 5.73 Å². The quantitative estimate of drug-likeness (QED) is 0.425. The molecule has 1 unspecified atom stereocenters. The number of amides is 1. The minimum atomic E-state index is -0.286. The number of nitrogens with one attached hydrogen (secondary N) is 3. The molecule has 6 heteroatoms. The van der Waals surface area contributed by atoms with Crippen molar-refractivity contribution >= 4 is 22.5 Å². The molecule has 0 saturated carbocycles. The van der Waals surface area contributed by atoms with Crippen molar-refractivity contribution in [2.75, 3.05) is 11.9 Å². The first-order valence-electron chi connectivity index (χ1n) is 8.90. The lowest BCUT2D eigenvalue weighted by molar-refractivity contribution is -0.119. The van der Waals surface area contributed by atoms with Crippen LogP contribution in [0.2, 0.25) is 0 Å². The summed E-state index contributed by atoms with van der Waals surface area (Å²) in [5, 5.41) is 10.9. The second kappa shape index (κ2) is 7.47. The van der Waals surface area contributed by atoms with Gasteiger partial charge in [-0.25, -0.2) is 0 Å². The van der Waals surface area contributed by atoms with Gasteiger partial charge in [-0.3, -0.25) is 9.89 Å². The summed E-state index contributed by atoms with van der Waals surface area (Å²) in [5.41, 5.74) is 10.6. The van der Waals surface area contributed by atoms with Crippen LogP contribution in [-0.2, 0) is 11.2 Å². The molecule has 0 aliphatic carbocycles. The van der Waals surface area contributed by atoms with Crippen molar-refractivity contribution in [3.8, 4) is 11.1 Å². The highest BCUT2D eigenvalue weighted by atomic mass is 16.1. The molecule has 0 bridgehead atoms. The molecule has 0 saturated heterocycles. The van der Waals surface area contributed by atoms with E-state index in [-0.39, 0.29) is 11.8 Å². The van der Waals surface area contributed by atoms with Crippen LogP contribution in [0.25, 0.3) is 22.0 Å². The second-order valence-corrected chi connectivity index (χ2v) is 6.53. The zero-order valence-corrected chi connectivity index (χ0v) is 14.8. The highest BCUT2D eigenvalue weighted by Crippen LogP contribution is 2.32. The maximum atomic E-state index is 12.8. The normalized spacial score (nSPS) is 12.2. The SMILES string of the molecule is NCC(Cc1ccccc1)C(=O)Nc1cccc2c(-c3cn[nH]c3)c[nH]c12. The fourth-order valence-electron chi connectivity index (χ4n) is 3.31. The molecule has 2 aromatic heterocycles. The Morgan fingerprint density at radius 1 is 1.11 bits per heavy atom. The van der Waals surface area contributed by atoms with Crippen molar-refractivity contribution in [1.29, 1.82) is 0 Å². The number of hydrogen-bond acceptors (Lipinski definition) is 3. The minimum Gasteiger partial charge on any atom is -0.359 e. The molecular formula is C21H21N5O. The average Bonchev–Trinajstić information content (AvgIpc) is 3.36. The molecule has 1 atom stereocenters. The lowest BCUT2D eigenvalue weighted by Gasteiger charge is -2.15. The largest absolute Gasteiger partial charge is 0.359 e. The van der Waals surface area contributed by atoms with Crippen molar-refractivity contribution in [2.24, 2.45) is 11.7 Å². The van der Waals surface area contributed by atoms with Gasteiger partial charge in [0.1, 0.15) is 0 Å². The third kappa shape index (κ3) is 3.47. The molecule has 5 N–H and O–H groups in total. The van der Waals surface area contributed by atoms with Gasteiger partial charge in [0.15, 0.2) is 0 Å². The molecular weight excluding hydrogens is 338 g/mol. The number of anilines is 1. The number of fused-ring (bicyclic) bond motifs is 1. The summed E-state index contributed by atoms with van der Waals surface area (Å²) in [5.74, 6) is -0.362. The number of benzene rings is 2. The summed E-state index contributed by atoms with van der Waals surface area (Å²) >= 11 is 0. The summed E-state index contributed by atoms with van der Waals surface area (Å²) in [6.07, 6.45) is 6.16. The molecule has 1 amide bonds. The summed E-state index contributed by atoms with van der Waals surface area (Å²) in [7, 11) is 0. The fourth-order valence-corrected chi connectivity index (χ4v) is 3.31. The molecule has 0 aliphatic heterocycles. The van der Waals surface area contributed by atoms with E-state index < -0.39 is 0 Å². The number of aromatic amines is 2. The van der Waals surface area contributed by atoms with E-state index in [9.17, 15) is 4.79 Å². The highest BCUT2D eigenvalue weighted by Gasteiger charge is 2.19. The lowest BCUT2D eigenvalue weighted by atomic mass is 9.98. The van der Waals surface area contributed by atoms with Gasteiger partial charge in [-0.2, -0.15) is 5.10 Å². The van der Waals surface area contributed by atoms with E-state index in [1.807, 2.05) is 60.9 Å². The van der Waals surface area contributed by atoms with E-state index in [2.05, 4.69) is 20.5 Å². The second-order valence-electron chi connectivity index (χ2n) is 6.53. The van der Waals surface area contributed by atoms with E-state index in [1.54, 1.807) is 6.20 Å². The topological polar surface area (TPSA) is 99.6 Å². The predicted octanol–water partition coefficient (Wildman–Crippen LogP) is 3.31. The number of hydrogen-bond donors (Lipinski definition) is 4. The molecule has 0 fully saturated rings. The number of para-hydroxylation sites is 1. The van der Waals surface area contributed by atoms with Gasteiger partial charge < -0.3 is 16.0 Å². The Kier molecular flexibility index (Phi) is 4.72. The zero-order chi connectivity index (χ0) is 18.6. The van der Waals surface area contributed by atoms with Crippen LogP contribution in [0, 0.1) is 5.92 Å². The Balaban J connectivity index is 1.58. The van der Waals surface area contributed by atoms with E-state index >= 15 is 0 Å². The van der Waals surface area contributed by atoms with Gasteiger partial charge in [0.05, 0.1) is 23.3 Å². The number of nitrogens with two attached hydrogens (primary N) is 1. The maximum absolute atomic E-state index is 12.8. The van der Waals surface area contributed by atoms with E-state index in [0.29, 0.717) is 13.0 Å². The van der Waals surface area contributed by atoms with Crippen LogP contribution in [0.3, 0.4) is 0 Å². The number of rotatable bonds is 6. The van der Waals surface area contributed by atoms with Crippen molar-refractivity contribution in [3.63, 3.8) is 0 Å². The molecule has 0 aliphatic rings. The van der Waals surface area contributed by atoms with Crippen LogP contribution in [-0.4, -0.2) is 27.6 Å². The van der Waals surface area contributed by atoms with E-state index in [0.717, 1.165) is 33.3 Å². The Morgan fingerprint density at radius 3 is 2.70 bits per heavy atom. The maximum Gasteiger partial charge on any atom is 0.229 e. The smallest absolute Gasteiger partial charge is 0.229 e. The van der Waals surface area contributed by atoms with Crippen LogP contribution in [0.4, 0.5) is 5.69 Å². The number of carbonyl (C=O) groups excluding carboxylic acids is 1. The molecule has 136 valence electrons. The third-order valence-corrected chi connectivity index (χ3v) is 4.76. The van der Waals surface area contributed by atoms with Crippen LogP contribution >= 0.6 is 0 Å². The first-order chi connectivity index (χ1) is 13.3. The van der Waals surface area contributed by atoms with Crippen molar-refractivity contribution in [1.82, 2.24) is 15.2 Å². The average molecular weight is 359 g/mol. The zero-order valence-electron chi connectivity index (χ0n) is 14.8. The van der Waals surface area contributed by atoms with Crippen molar-refractivity contribution in [3.05, 3.63) is 72.7 Å². The van der Waals surface area contributed by atoms with Gasteiger partial charge in [0, 0.05) is 35.5 Å². The lowest BCUT2D eigenvalue weighted by Crippen LogP contribution is -2.31.